The van der Waals surface area contributed by atoms with Gasteiger partial charge in [0.25, 0.3) is 0 Å². The third-order valence-corrected chi connectivity index (χ3v) is 2.48. The Kier molecular flexibility index (Phi) is 17.6. The van der Waals surface area contributed by atoms with E-state index in [1.807, 2.05) is 72.8 Å². The van der Waals surface area contributed by atoms with Gasteiger partial charge < -0.3 is 0 Å². The first-order valence-electron chi connectivity index (χ1n) is 6.50. The number of alkyl halides is 3. The minimum absolute atomic E-state index is 0. The van der Waals surface area contributed by atoms with Crippen molar-refractivity contribution in [3.05, 3.63) is 83.9 Å². The van der Waals surface area contributed by atoms with E-state index in [9.17, 15) is 4.79 Å². The molecule has 24 heavy (non-hydrogen) atoms. The van der Waals surface area contributed by atoms with Crippen LogP contribution in [0.3, 0.4) is 0 Å². The predicted molar refractivity (Wildman–Crippen MR) is 97.3 cm³/mol. The molecular formula is C18H15Cl3OPd2. The van der Waals surface area contributed by atoms with Gasteiger partial charge in [-0.05, 0) is 23.3 Å². The zero-order chi connectivity index (χ0) is 16.2. The number of carbonyl (C=O) groups excluding carboxylic acids is 1. The molecule has 0 aliphatic heterocycles. The van der Waals surface area contributed by atoms with Crippen LogP contribution >= 0.6 is 34.8 Å². The van der Waals surface area contributed by atoms with Crippen LogP contribution in [-0.2, 0) is 45.6 Å². The first kappa shape index (κ1) is 26.0. The van der Waals surface area contributed by atoms with Crippen molar-refractivity contribution >= 4 is 52.7 Å². The standard InChI is InChI=1S/C17H14O.CHCl3.2Pd/c18-17(13-11-15-7-3-1-4-8-15)14-12-16-9-5-2-6-10-16;2-1(3)4;;/h1-14H;1H;;. The Labute approximate surface area is 185 Å². The van der Waals surface area contributed by atoms with E-state index in [0.717, 1.165) is 11.1 Å². The summed E-state index contributed by atoms with van der Waals surface area (Å²) in [5.41, 5.74) is 2.05. The SMILES string of the molecule is ClC(Cl)Cl.O=C(C=Cc1ccccc1)C=Cc1ccccc1.[Pd].[Pd]. The van der Waals surface area contributed by atoms with Gasteiger partial charge in [-0.2, -0.15) is 0 Å². The van der Waals surface area contributed by atoms with Gasteiger partial charge in [0, 0.05) is 40.8 Å². The molecule has 0 aliphatic rings. The van der Waals surface area contributed by atoms with Crippen LogP contribution in [0.5, 0.6) is 0 Å². The number of carbonyl (C=O) groups is 1. The van der Waals surface area contributed by atoms with Crippen molar-refractivity contribution in [1.82, 2.24) is 0 Å². The van der Waals surface area contributed by atoms with Crippen molar-refractivity contribution in [3.63, 3.8) is 0 Å². The summed E-state index contributed by atoms with van der Waals surface area (Å²) in [7, 11) is 0. The first-order chi connectivity index (χ1) is 10.6. The van der Waals surface area contributed by atoms with Crippen LogP contribution in [0.4, 0.5) is 0 Å². The summed E-state index contributed by atoms with van der Waals surface area (Å²) < 4.78 is -0.750. The normalized spacial score (nSPS) is 9.83. The summed E-state index contributed by atoms with van der Waals surface area (Å²) in [6, 6.07) is 19.6. The molecule has 0 aromatic heterocycles. The molecule has 0 aliphatic carbocycles. The second-order valence-electron chi connectivity index (χ2n) is 4.14. The van der Waals surface area contributed by atoms with Gasteiger partial charge >= 0.3 is 0 Å². The monoisotopic (exact) mass is 564 g/mol. The maximum atomic E-state index is 11.6. The van der Waals surface area contributed by atoms with E-state index >= 15 is 0 Å². The Morgan fingerprint density at radius 2 is 1.00 bits per heavy atom. The molecule has 0 fully saturated rings. The summed E-state index contributed by atoms with van der Waals surface area (Å²) in [6.45, 7) is 0. The molecule has 2 aromatic rings. The van der Waals surface area contributed by atoms with Gasteiger partial charge in [-0.1, -0.05) is 108 Å². The summed E-state index contributed by atoms with van der Waals surface area (Å²) in [5, 5.41) is 0. The van der Waals surface area contributed by atoms with E-state index in [1.165, 1.54) is 0 Å². The number of hydrogen-bond donors (Lipinski definition) is 0. The molecule has 0 unspecified atom stereocenters. The van der Waals surface area contributed by atoms with Crippen molar-refractivity contribution < 1.29 is 45.6 Å². The van der Waals surface area contributed by atoms with Crippen molar-refractivity contribution in [2.45, 2.75) is 4.30 Å². The van der Waals surface area contributed by atoms with Crippen LogP contribution < -0.4 is 0 Å². The Morgan fingerprint density at radius 1 is 0.708 bits per heavy atom. The van der Waals surface area contributed by atoms with E-state index in [2.05, 4.69) is 0 Å². The molecule has 2 aromatic carbocycles. The summed E-state index contributed by atoms with van der Waals surface area (Å²) in [6.07, 6.45) is 6.79. The fourth-order valence-electron chi connectivity index (χ4n) is 1.54. The second kappa shape index (κ2) is 16.3. The van der Waals surface area contributed by atoms with Gasteiger partial charge in [0.15, 0.2) is 10.1 Å². The Bertz CT molecular complexity index is 560. The minimum Gasteiger partial charge on any atom is -0.290 e. The Hall–Kier alpha value is -0.215. The van der Waals surface area contributed by atoms with Crippen molar-refractivity contribution in [2.24, 2.45) is 0 Å². The van der Waals surface area contributed by atoms with Crippen LogP contribution in [0.15, 0.2) is 72.8 Å². The molecule has 0 N–H and O–H groups in total. The molecule has 0 heterocycles. The number of benzene rings is 2. The molecule has 0 spiro atoms. The van der Waals surface area contributed by atoms with Crippen molar-refractivity contribution in [2.75, 3.05) is 0 Å². The van der Waals surface area contributed by atoms with Gasteiger partial charge in [0.2, 0.25) is 0 Å². The maximum Gasteiger partial charge on any atom is 0.180 e. The van der Waals surface area contributed by atoms with Crippen LogP contribution in [0.1, 0.15) is 11.1 Å². The second-order valence-corrected chi connectivity index (χ2v) is 6.12. The summed E-state index contributed by atoms with van der Waals surface area (Å²) >= 11 is 14.4. The van der Waals surface area contributed by atoms with E-state index in [-0.39, 0.29) is 46.6 Å². The van der Waals surface area contributed by atoms with E-state index in [0.29, 0.717) is 0 Å². The molecule has 0 saturated heterocycles. The van der Waals surface area contributed by atoms with Gasteiger partial charge in [-0.25, -0.2) is 0 Å². The predicted octanol–water partition coefficient (Wildman–Crippen LogP) is 5.96. The molecule has 2 rings (SSSR count). The van der Waals surface area contributed by atoms with Crippen LogP contribution in [-0.4, -0.2) is 10.1 Å². The number of ketones is 1. The first-order valence-corrected chi connectivity index (χ1v) is 7.81. The molecule has 0 bridgehead atoms. The fraction of sp³-hybridized carbons (Fsp3) is 0.0556. The molecule has 0 radical (unpaired) electrons. The molecule has 0 saturated carbocycles. The average molecular weight is 567 g/mol. The van der Waals surface area contributed by atoms with E-state index in [4.69, 9.17) is 34.8 Å². The van der Waals surface area contributed by atoms with E-state index < -0.39 is 4.30 Å². The molecule has 1 nitrogen and oxygen atoms in total. The zero-order valence-corrected chi connectivity index (χ0v) is 17.7. The fourth-order valence-corrected chi connectivity index (χ4v) is 1.54. The minimum atomic E-state index is -0.750. The van der Waals surface area contributed by atoms with Gasteiger partial charge in [0.05, 0.1) is 0 Å². The van der Waals surface area contributed by atoms with Crippen LogP contribution in [0.25, 0.3) is 12.2 Å². The van der Waals surface area contributed by atoms with Crippen LogP contribution in [0.2, 0.25) is 0 Å². The molecule has 134 valence electrons. The largest absolute Gasteiger partial charge is 0.290 e. The summed E-state index contributed by atoms with van der Waals surface area (Å²) in [4.78, 5) is 11.6. The number of allylic oxidation sites excluding steroid dienone is 2. The van der Waals surface area contributed by atoms with Gasteiger partial charge in [-0.15, -0.1) is 0 Å². The summed E-state index contributed by atoms with van der Waals surface area (Å²) in [5.74, 6) is -0.0114. The quantitative estimate of drug-likeness (QED) is 0.254. The number of halogens is 3. The van der Waals surface area contributed by atoms with Crippen molar-refractivity contribution in [3.8, 4) is 0 Å². The molecular weight excluding hydrogens is 551 g/mol. The smallest absolute Gasteiger partial charge is 0.180 e. The molecule has 6 heteroatoms. The van der Waals surface area contributed by atoms with Gasteiger partial charge in [0.1, 0.15) is 0 Å². The average Bonchev–Trinajstić information content (AvgIpc) is 2.52. The molecule has 0 amide bonds. The Balaban J connectivity index is 0. The number of rotatable bonds is 4. The third-order valence-electron chi connectivity index (χ3n) is 2.48. The molecule has 0 atom stereocenters. The van der Waals surface area contributed by atoms with E-state index in [1.54, 1.807) is 12.2 Å². The zero-order valence-electron chi connectivity index (χ0n) is 12.3. The number of hydrogen-bond acceptors (Lipinski definition) is 1. The third kappa shape index (κ3) is 14.2. The maximum absolute atomic E-state index is 11.6. The van der Waals surface area contributed by atoms with Crippen LogP contribution in [0, 0.1) is 0 Å². The van der Waals surface area contributed by atoms with Crippen molar-refractivity contribution in [1.29, 1.82) is 0 Å². The van der Waals surface area contributed by atoms with Gasteiger partial charge in [-0.3, -0.25) is 4.79 Å². The topological polar surface area (TPSA) is 17.1 Å². The Morgan fingerprint density at radius 3 is 1.29 bits per heavy atom.